The molecule has 0 fully saturated rings. The number of carbonyl (C=O) groups is 2. The number of thiophene rings is 1. The average molecular weight is 519 g/mol. The summed E-state index contributed by atoms with van der Waals surface area (Å²) in [5.41, 5.74) is 1.72. The zero-order chi connectivity index (χ0) is 25.5. The van der Waals surface area contributed by atoms with Crippen molar-refractivity contribution in [3.63, 3.8) is 0 Å². The van der Waals surface area contributed by atoms with Crippen LogP contribution in [0.5, 0.6) is 17.2 Å². The first-order valence-electron chi connectivity index (χ1n) is 11.0. The highest BCUT2D eigenvalue weighted by molar-refractivity contribution is 7.10. The molecule has 0 aliphatic rings. The van der Waals surface area contributed by atoms with E-state index in [0.29, 0.717) is 33.5 Å². The summed E-state index contributed by atoms with van der Waals surface area (Å²) >= 11 is 7.66. The van der Waals surface area contributed by atoms with Gasteiger partial charge in [0.05, 0.1) is 12.8 Å². The summed E-state index contributed by atoms with van der Waals surface area (Å²) in [5.74, 6) is 0.730. The molecule has 0 bridgehead atoms. The normalized spacial score (nSPS) is 11.0. The molecule has 0 spiro atoms. The lowest BCUT2D eigenvalue weighted by atomic mass is 10.1. The fraction of sp³-hybridized carbons (Fsp3) is 0.0714. The van der Waals surface area contributed by atoms with Gasteiger partial charge in [-0.3, -0.25) is 9.59 Å². The zero-order valence-corrected chi connectivity index (χ0v) is 21.2. The van der Waals surface area contributed by atoms with Gasteiger partial charge in [-0.1, -0.05) is 35.9 Å². The van der Waals surface area contributed by atoms with Crippen LogP contribution in [0.15, 0.2) is 89.9 Å². The fourth-order valence-corrected chi connectivity index (χ4v) is 4.17. The third-order valence-corrected chi connectivity index (χ3v) is 6.24. The zero-order valence-electron chi connectivity index (χ0n) is 19.6. The molecule has 2 N–H and O–H groups in total. The lowest BCUT2D eigenvalue weighted by molar-refractivity contribution is -0.113. The molecule has 1 aromatic heterocycles. The predicted octanol–water partition coefficient (Wildman–Crippen LogP) is 6.92. The Morgan fingerprint density at radius 2 is 1.69 bits per heavy atom. The molecule has 8 heteroatoms. The number of benzene rings is 3. The highest BCUT2D eigenvalue weighted by Crippen LogP contribution is 2.33. The molecule has 6 nitrogen and oxygen atoms in total. The van der Waals surface area contributed by atoms with Crippen LogP contribution in [0.3, 0.4) is 0 Å². The Hall–Kier alpha value is -4.07. The molecule has 0 saturated heterocycles. The van der Waals surface area contributed by atoms with Crippen molar-refractivity contribution in [1.29, 1.82) is 0 Å². The van der Waals surface area contributed by atoms with Crippen molar-refractivity contribution in [3.8, 4) is 17.2 Å². The maximum Gasteiger partial charge on any atom is 0.272 e. The van der Waals surface area contributed by atoms with Crippen LogP contribution in [-0.4, -0.2) is 18.9 Å². The molecule has 3 aromatic carbocycles. The molecular formula is C28H23ClN2O4S. The Kier molecular flexibility index (Phi) is 8.05. The SMILES string of the molecule is COc1ccc(Oc2ccc(Cl)cc2NC(=O)/C(=C/c2cccs2)NC(=O)c2ccccc2C)cc1. The molecule has 4 rings (SSSR count). The van der Waals surface area contributed by atoms with Crippen LogP contribution >= 0.6 is 22.9 Å². The van der Waals surface area contributed by atoms with Crippen LogP contribution < -0.4 is 20.1 Å². The maximum atomic E-state index is 13.4. The van der Waals surface area contributed by atoms with Crippen LogP contribution in [0, 0.1) is 6.92 Å². The van der Waals surface area contributed by atoms with Crippen molar-refractivity contribution in [2.75, 3.05) is 12.4 Å². The van der Waals surface area contributed by atoms with Crippen molar-refractivity contribution < 1.29 is 19.1 Å². The highest BCUT2D eigenvalue weighted by Gasteiger charge is 2.18. The number of methoxy groups -OCH3 is 1. The summed E-state index contributed by atoms with van der Waals surface area (Å²) in [6, 6.07) is 22.9. The molecule has 0 saturated carbocycles. The van der Waals surface area contributed by atoms with E-state index in [1.807, 2.05) is 36.6 Å². The average Bonchev–Trinajstić information content (AvgIpc) is 3.39. The molecule has 4 aromatic rings. The summed E-state index contributed by atoms with van der Waals surface area (Å²) in [5, 5.41) is 7.89. The summed E-state index contributed by atoms with van der Waals surface area (Å²) in [7, 11) is 1.59. The van der Waals surface area contributed by atoms with Gasteiger partial charge in [0.15, 0.2) is 5.75 Å². The van der Waals surface area contributed by atoms with Gasteiger partial charge in [0, 0.05) is 15.5 Å². The molecule has 0 aliphatic heterocycles. The number of rotatable bonds is 8. The highest BCUT2D eigenvalue weighted by atomic mass is 35.5. The van der Waals surface area contributed by atoms with E-state index in [0.717, 1.165) is 10.4 Å². The lowest BCUT2D eigenvalue weighted by Gasteiger charge is -2.15. The lowest BCUT2D eigenvalue weighted by Crippen LogP contribution is -2.31. The first-order chi connectivity index (χ1) is 17.4. The number of nitrogens with one attached hydrogen (secondary N) is 2. The van der Waals surface area contributed by atoms with Crippen LogP contribution in [0.1, 0.15) is 20.8 Å². The van der Waals surface area contributed by atoms with Gasteiger partial charge in [-0.2, -0.15) is 0 Å². The quantitative estimate of drug-likeness (QED) is 0.248. The second kappa shape index (κ2) is 11.6. The Morgan fingerprint density at radius 3 is 2.39 bits per heavy atom. The third-order valence-electron chi connectivity index (χ3n) is 5.19. The Morgan fingerprint density at radius 1 is 0.944 bits per heavy atom. The molecule has 182 valence electrons. The van der Waals surface area contributed by atoms with E-state index in [-0.39, 0.29) is 11.6 Å². The number of anilines is 1. The van der Waals surface area contributed by atoms with Crippen molar-refractivity contribution >= 4 is 46.5 Å². The standard InChI is InChI=1S/C28H23ClN2O4S/c1-18-6-3-4-8-23(18)27(32)31-25(17-22-7-5-15-36-22)28(33)30-24-16-19(29)9-14-26(24)35-21-12-10-20(34-2)11-13-21/h3-17H,1-2H3,(H,30,33)(H,31,32)/b25-17-. The predicted molar refractivity (Wildman–Crippen MR) is 144 cm³/mol. The largest absolute Gasteiger partial charge is 0.497 e. The minimum atomic E-state index is -0.521. The number of ether oxygens (including phenoxy) is 2. The van der Waals surface area contributed by atoms with Crippen LogP contribution in [0.2, 0.25) is 5.02 Å². The van der Waals surface area contributed by atoms with E-state index in [1.54, 1.807) is 67.8 Å². The molecule has 0 radical (unpaired) electrons. The third kappa shape index (κ3) is 6.33. The van der Waals surface area contributed by atoms with E-state index in [4.69, 9.17) is 21.1 Å². The fourth-order valence-electron chi connectivity index (χ4n) is 3.34. The Bertz CT molecular complexity index is 1400. The Labute approximate surface area is 218 Å². The number of carbonyl (C=O) groups excluding carboxylic acids is 2. The second-order valence-electron chi connectivity index (χ2n) is 7.71. The molecular weight excluding hydrogens is 496 g/mol. The first-order valence-corrected chi connectivity index (χ1v) is 12.2. The minimum absolute atomic E-state index is 0.0843. The summed E-state index contributed by atoms with van der Waals surface area (Å²) in [4.78, 5) is 27.2. The van der Waals surface area contributed by atoms with Crippen molar-refractivity contribution in [2.45, 2.75) is 6.92 Å². The van der Waals surface area contributed by atoms with E-state index >= 15 is 0 Å². The number of hydrogen-bond acceptors (Lipinski definition) is 5. The number of hydrogen-bond donors (Lipinski definition) is 2. The Balaban J connectivity index is 1.61. The van der Waals surface area contributed by atoms with E-state index in [2.05, 4.69) is 10.6 Å². The molecule has 0 unspecified atom stereocenters. The van der Waals surface area contributed by atoms with Gasteiger partial charge >= 0.3 is 0 Å². The van der Waals surface area contributed by atoms with Gasteiger partial charge in [0.2, 0.25) is 0 Å². The molecule has 0 atom stereocenters. The smallest absolute Gasteiger partial charge is 0.272 e. The molecule has 1 heterocycles. The first kappa shape index (κ1) is 25.0. The summed E-state index contributed by atoms with van der Waals surface area (Å²) in [6.07, 6.45) is 1.63. The molecule has 36 heavy (non-hydrogen) atoms. The van der Waals surface area contributed by atoms with Gasteiger partial charge in [-0.25, -0.2) is 0 Å². The van der Waals surface area contributed by atoms with E-state index < -0.39 is 5.91 Å². The van der Waals surface area contributed by atoms with Gasteiger partial charge in [-0.05, 0) is 78.5 Å². The van der Waals surface area contributed by atoms with Gasteiger partial charge in [-0.15, -0.1) is 11.3 Å². The van der Waals surface area contributed by atoms with E-state index in [9.17, 15) is 9.59 Å². The number of amides is 2. The number of halogens is 1. The van der Waals surface area contributed by atoms with E-state index in [1.165, 1.54) is 11.3 Å². The van der Waals surface area contributed by atoms with Crippen molar-refractivity contribution in [3.05, 3.63) is 111 Å². The molecule has 0 aliphatic carbocycles. The minimum Gasteiger partial charge on any atom is -0.497 e. The maximum absolute atomic E-state index is 13.4. The van der Waals surface area contributed by atoms with Crippen molar-refractivity contribution in [1.82, 2.24) is 5.32 Å². The van der Waals surface area contributed by atoms with Gasteiger partial charge in [0.25, 0.3) is 11.8 Å². The van der Waals surface area contributed by atoms with Crippen LogP contribution in [-0.2, 0) is 4.79 Å². The number of aryl methyl sites for hydroxylation is 1. The summed E-state index contributed by atoms with van der Waals surface area (Å²) < 4.78 is 11.2. The summed E-state index contributed by atoms with van der Waals surface area (Å²) in [6.45, 7) is 1.84. The monoisotopic (exact) mass is 518 g/mol. The van der Waals surface area contributed by atoms with Gasteiger partial charge in [0.1, 0.15) is 17.2 Å². The van der Waals surface area contributed by atoms with Gasteiger partial charge < -0.3 is 20.1 Å². The second-order valence-corrected chi connectivity index (χ2v) is 9.13. The van der Waals surface area contributed by atoms with Crippen molar-refractivity contribution in [2.24, 2.45) is 0 Å². The van der Waals surface area contributed by atoms with Crippen LogP contribution in [0.4, 0.5) is 5.69 Å². The molecule has 2 amide bonds. The topological polar surface area (TPSA) is 76.7 Å². The van der Waals surface area contributed by atoms with Crippen LogP contribution in [0.25, 0.3) is 6.08 Å².